The Hall–Kier alpha value is -0.760. The fraction of sp³-hybridized carbons (Fsp3) is 0.500. The Kier molecular flexibility index (Phi) is 2.16. The number of alkyl halides is 1. The van der Waals surface area contributed by atoms with Gasteiger partial charge in [0.2, 0.25) is 0 Å². The SMILES string of the molecule is O=C1CCCCC1(Cl)c1ccco1. The molecule has 1 atom stereocenters. The number of furan rings is 1. The minimum Gasteiger partial charge on any atom is -0.467 e. The van der Waals surface area contributed by atoms with Crippen molar-refractivity contribution in [3.05, 3.63) is 24.2 Å². The monoisotopic (exact) mass is 198 g/mol. The van der Waals surface area contributed by atoms with Gasteiger partial charge in [-0.25, -0.2) is 0 Å². The van der Waals surface area contributed by atoms with Crippen LogP contribution in [0.25, 0.3) is 0 Å². The van der Waals surface area contributed by atoms with Gasteiger partial charge in [-0.05, 0) is 25.0 Å². The van der Waals surface area contributed by atoms with Crippen LogP contribution in [0.2, 0.25) is 0 Å². The fourth-order valence-corrected chi connectivity index (χ4v) is 2.09. The zero-order valence-corrected chi connectivity index (χ0v) is 8.01. The summed E-state index contributed by atoms with van der Waals surface area (Å²) in [6, 6.07) is 3.54. The predicted octanol–water partition coefficient (Wildman–Crippen LogP) is 2.86. The van der Waals surface area contributed by atoms with Gasteiger partial charge >= 0.3 is 0 Å². The summed E-state index contributed by atoms with van der Waals surface area (Å²) in [6.07, 6.45) is 4.77. The number of carbonyl (C=O) groups is 1. The van der Waals surface area contributed by atoms with Crippen LogP contribution in [0.15, 0.2) is 22.8 Å². The van der Waals surface area contributed by atoms with E-state index in [4.69, 9.17) is 16.0 Å². The molecule has 0 N–H and O–H groups in total. The number of carbonyl (C=O) groups excluding carboxylic acids is 1. The maximum absolute atomic E-state index is 11.6. The lowest BCUT2D eigenvalue weighted by Gasteiger charge is -2.27. The highest BCUT2D eigenvalue weighted by molar-refractivity contribution is 6.35. The van der Waals surface area contributed by atoms with E-state index in [9.17, 15) is 4.79 Å². The van der Waals surface area contributed by atoms with Crippen LogP contribution in [-0.4, -0.2) is 5.78 Å². The lowest BCUT2D eigenvalue weighted by molar-refractivity contribution is -0.123. The highest BCUT2D eigenvalue weighted by Gasteiger charge is 2.41. The number of hydrogen-bond acceptors (Lipinski definition) is 2. The Bertz CT molecular complexity index is 305. The van der Waals surface area contributed by atoms with Crippen molar-refractivity contribution < 1.29 is 9.21 Å². The summed E-state index contributed by atoms with van der Waals surface area (Å²) in [6.45, 7) is 0. The Morgan fingerprint density at radius 3 is 2.92 bits per heavy atom. The summed E-state index contributed by atoms with van der Waals surface area (Å²) in [5, 5.41) is 0. The topological polar surface area (TPSA) is 30.2 Å². The molecule has 1 aromatic rings. The molecule has 2 rings (SSSR count). The van der Waals surface area contributed by atoms with Gasteiger partial charge in [0.1, 0.15) is 5.76 Å². The van der Waals surface area contributed by atoms with Gasteiger partial charge in [-0.1, -0.05) is 6.42 Å². The summed E-state index contributed by atoms with van der Waals surface area (Å²) in [4.78, 5) is 10.7. The Labute approximate surface area is 81.9 Å². The smallest absolute Gasteiger partial charge is 0.161 e. The molecule has 0 bridgehead atoms. The van der Waals surface area contributed by atoms with E-state index < -0.39 is 4.87 Å². The second kappa shape index (κ2) is 3.18. The van der Waals surface area contributed by atoms with Crippen LogP contribution < -0.4 is 0 Å². The fourth-order valence-electron chi connectivity index (χ4n) is 1.76. The predicted molar refractivity (Wildman–Crippen MR) is 49.7 cm³/mol. The van der Waals surface area contributed by atoms with E-state index in [1.165, 1.54) is 0 Å². The van der Waals surface area contributed by atoms with Gasteiger partial charge in [0.25, 0.3) is 0 Å². The van der Waals surface area contributed by atoms with Gasteiger partial charge in [-0.3, -0.25) is 4.79 Å². The first-order valence-corrected chi connectivity index (χ1v) is 4.87. The third-order valence-electron chi connectivity index (χ3n) is 2.53. The Balaban J connectivity index is 2.33. The van der Waals surface area contributed by atoms with Crippen molar-refractivity contribution in [1.29, 1.82) is 0 Å². The van der Waals surface area contributed by atoms with Gasteiger partial charge in [-0.2, -0.15) is 0 Å². The summed E-state index contributed by atoms with van der Waals surface area (Å²) in [5.74, 6) is 0.689. The second-order valence-electron chi connectivity index (χ2n) is 3.41. The molecule has 0 radical (unpaired) electrons. The number of ketones is 1. The van der Waals surface area contributed by atoms with E-state index in [0.29, 0.717) is 18.6 Å². The quantitative estimate of drug-likeness (QED) is 0.650. The van der Waals surface area contributed by atoms with Crippen LogP contribution in [0.1, 0.15) is 31.4 Å². The highest BCUT2D eigenvalue weighted by Crippen LogP contribution is 2.40. The minimum atomic E-state index is -0.873. The molecular weight excluding hydrogens is 188 g/mol. The molecule has 0 spiro atoms. The van der Waals surface area contributed by atoms with Crippen LogP contribution in [0.3, 0.4) is 0 Å². The Morgan fingerprint density at radius 2 is 2.31 bits per heavy atom. The minimum absolute atomic E-state index is 0.0929. The molecule has 0 amide bonds. The first-order valence-electron chi connectivity index (χ1n) is 4.50. The van der Waals surface area contributed by atoms with Crippen LogP contribution in [0, 0.1) is 0 Å². The lowest BCUT2D eigenvalue weighted by Crippen LogP contribution is -2.32. The van der Waals surface area contributed by atoms with Crippen molar-refractivity contribution >= 4 is 17.4 Å². The molecule has 3 heteroatoms. The molecule has 1 aliphatic rings. The summed E-state index contributed by atoms with van der Waals surface area (Å²) < 4.78 is 5.19. The summed E-state index contributed by atoms with van der Waals surface area (Å²) in [5.41, 5.74) is 0. The molecule has 1 aromatic heterocycles. The van der Waals surface area contributed by atoms with Gasteiger partial charge < -0.3 is 4.42 Å². The third kappa shape index (κ3) is 1.39. The van der Waals surface area contributed by atoms with Gasteiger partial charge in [0.05, 0.1) is 6.26 Å². The van der Waals surface area contributed by atoms with E-state index in [2.05, 4.69) is 0 Å². The van der Waals surface area contributed by atoms with Crippen molar-refractivity contribution in [1.82, 2.24) is 0 Å². The molecular formula is C10H11ClO2. The van der Waals surface area contributed by atoms with Crippen molar-refractivity contribution in [2.24, 2.45) is 0 Å². The second-order valence-corrected chi connectivity index (χ2v) is 4.05. The molecule has 13 heavy (non-hydrogen) atoms. The average molecular weight is 199 g/mol. The first kappa shape index (κ1) is 8.82. The Morgan fingerprint density at radius 1 is 1.46 bits per heavy atom. The van der Waals surface area contributed by atoms with Crippen molar-refractivity contribution in [2.75, 3.05) is 0 Å². The summed E-state index contributed by atoms with van der Waals surface area (Å²) >= 11 is 6.25. The zero-order valence-electron chi connectivity index (χ0n) is 7.25. The van der Waals surface area contributed by atoms with Crippen molar-refractivity contribution in [2.45, 2.75) is 30.6 Å². The maximum Gasteiger partial charge on any atom is 0.161 e. The molecule has 0 aliphatic heterocycles. The van der Waals surface area contributed by atoms with Crippen LogP contribution in [0.4, 0.5) is 0 Å². The first-order chi connectivity index (χ1) is 6.23. The molecule has 2 nitrogen and oxygen atoms in total. The maximum atomic E-state index is 11.6. The van der Waals surface area contributed by atoms with Crippen LogP contribution in [0.5, 0.6) is 0 Å². The third-order valence-corrected chi connectivity index (χ3v) is 3.11. The summed E-state index contributed by atoms with van der Waals surface area (Å²) in [7, 11) is 0. The molecule has 1 heterocycles. The van der Waals surface area contributed by atoms with Crippen LogP contribution >= 0.6 is 11.6 Å². The van der Waals surface area contributed by atoms with Crippen molar-refractivity contribution in [3.63, 3.8) is 0 Å². The molecule has 1 aliphatic carbocycles. The van der Waals surface area contributed by atoms with E-state index in [1.807, 2.05) is 0 Å². The number of Topliss-reactive ketones (excluding diaryl/α,β-unsaturated/α-hetero) is 1. The number of rotatable bonds is 1. The number of hydrogen-bond donors (Lipinski definition) is 0. The standard InChI is InChI=1S/C10H11ClO2/c11-10(9-5-3-7-13-9)6-2-1-4-8(10)12/h3,5,7H,1-2,4,6H2. The molecule has 70 valence electrons. The van der Waals surface area contributed by atoms with Crippen LogP contribution in [-0.2, 0) is 9.67 Å². The molecule has 0 saturated heterocycles. The average Bonchev–Trinajstić information content (AvgIpc) is 2.63. The zero-order chi connectivity index (χ0) is 9.31. The van der Waals surface area contributed by atoms with Gasteiger partial charge in [0, 0.05) is 6.42 Å². The van der Waals surface area contributed by atoms with Gasteiger partial charge in [0.15, 0.2) is 10.7 Å². The molecule has 1 fully saturated rings. The van der Waals surface area contributed by atoms with E-state index in [-0.39, 0.29) is 5.78 Å². The normalized spacial score (nSPS) is 29.2. The lowest BCUT2D eigenvalue weighted by atomic mass is 9.85. The number of halogens is 1. The van der Waals surface area contributed by atoms with E-state index in [0.717, 1.165) is 12.8 Å². The molecule has 1 saturated carbocycles. The molecule has 1 unspecified atom stereocenters. The largest absolute Gasteiger partial charge is 0.467 e. The van der Waals surface area contributed by atoms with E-state index in [1.54, 1.807) is 18.4 Å². The highest BCUT2D eigenvalue weighted by atomic mass is 35.5. The van der Waals surface area contributed by atoms with Crippen molar-refractivity contribution in [3.8, 4) is 0 Å². The van der Waals surface area contributed by atoms with Gasteiger partial charge in [-0.15, -0.1) is 11.6 Å². The molecule has 0 aromatic carbocycles. The van der Waals surface area contributed by atoms with E-state index >= 15 is 0 Å².